The number of nitro groups is 1. The minimum atomic E-state index is -0.456. The van der Waals surface area contributed by atoms with Crippen molar-refractivity contribution >= 4 is 5.69 Å². The fourth-order valence-corrected chi connectivity index (χ4v) is 1.56. The van der Waals surface area contributed by atoms with Crippen LogP contribution in [-0.4, -0.2) is 23.2 Å². The molecule has 0 unspecified atom stereocenters. The molecule has 5 nitrogen and oxygen atoms in total. The zero-order valence-corrected chi connectivity index (χ0v) is 11.0. The number of nitro benzene ring substituents is 1. The van der Waals surface area contributed by atoms with Crippen LogP contribution in [0.3, 0.4) is 0 Å². The van der Waals surface area contributed by atoms with E-state index in [1.54, 1.807) is 12.1 Å². The second-order valence-electron chi connectivity index (χ2n) is 4.75. The van der Waals surface area contributed by atoms with Crippen molar-refractivity contribution in [3.05, 3.63) is 33.9 Å². The lowest BCUT2D eigenvalue weighted by Crippen LogP contribution is -2.16. The molecule has 0 aliphatic carbocycles. The second kappa shape index (κ2) is 5.82. The Kier molecular flexibility index (Phi) is 4.67. The first-order valence-electron chi connectivity index (χ1n) is 5.95. The van der Waals surface area contributed by atoms with Crippen LogP contribution in [0.4, 0.5) is 5.69 Å². The Hall–Kier alpha value is -1.62. The molecular formula is C13H19NO4. The summed E-state index contributed by atoms with van der Waals surface area (Å²) in [5, 5.41) is 19.7. The number of nitrogens with zero attached hydrogens (tertiary/aromatic N) is 1. The largest absolute Gasteiger partial charge is 0.484 e. The van der Waals surface area contributed by atoms with Gasteiger partial charge in [0.05, 0.1) is 11.5 Å². The van der Waals surface area contributed by atoms with Gasteiger partial charge in [-0.3, -0.25) is 10.1 Å². The number of aliphatic hydroxyl groups excluding tert-OH is 1. The van der Waals surface area contributed by atoms with E-state index >= 15 is 0 Å². The summed E-state index contributed by atoms with van der Waals surface area (Å²) < 4.78 is 5.16. The number of ether oxygens (including phenoxy) is 1. The van der Waals surface area contributed by atoms with Gasteiger partial charge < -0.3 is 9.84 Å². The van der Waals surface area contributed by atoms with Crippen molar-refractivity contribution in [1.82, 2.24) is 0 Å². The number of aliphatic hydroxyl groups is 1. The Labute approximate surface area is 107 Å². The molecule has 0 saturated carbocycles. The summed E-state index contributed by atoms with van der Waals surface area (Å²) in [5.74, 6) is 0.199. The minimum absolute atomic E-state index is 0.0529. The topological polar surface area (TPSA) is 72.6 Å². The standard InChI is InChI=1S/C13H19NO4/c1-4-13(2,3)10-5-6-12(18-8-7-15)11(9-10)14(16)17/h5-6,9,15H,4,7-8H2,1-3H3. The average Bonchev–Trinajstić information content (AvgIpc) is 2.35. The summed E-state index contributed by atoms with van der Waals surface area (Å²) in [6.07, 6.45) is 0.890. The number of benzene rings is 1. The van der Waals surface area contributed by atoms with Crippen molar-refractivity contribution < 1.29 is 14.8 Å². The van der Waals surface area contributed by atoms with Gasteiger partial charge in [0.15, 0.2) is 5.75 Å². The first-order chi connectivity index (χ1) is 8.42. The van der Waals surface area contributed by atoms with Gasteiger partial charge in [-0.15, -0.1) is 0 Å². The van der Waals surface area contributed by atoms with Gasteiger partial charge in [-0.25, -0.2) is 0 Å². The molecule has 0 bridgehead atoms. The first kappa shape index (κ1) is 14.4. The number of hydrogen-bond acceptors (Lipinski definition) is 4. The molecule has 1 aromatic rings. The Morgan fingerprint density at radius 2 is 2.11 bits per heavy atom. The molecule has 0 aromatic heterocycles. The monoisotopic (exact) mass is 253 g/mol. The second-order valence-corrected chi connectivity index (χ2v) is 4.75. The van der Waals surface area contributed by atoms with Gasteiger partial charge in [0, 0.05) is 6.07 Å². The quantitative estimate of drug-likeness (QED) is 0.625. The maximum Gasteiger partial charge on any atom is 0.311 e. The summed E-state index contributed by atoms with van der Waals surface area (Å²) in [6.45, 7) is 6.01. The van der Waals surface area contributed by atoms with Crippen LogP contribution in [0.1, 0.15) is 32.8 Å². The van der Waals surface area contributed by atoms with Crippen LogP contribution in [-0.2, 0) is 5.41 Å². The molecule has 0 aliphatic heterocycles. The lowest BCUT2D eigenvalue weighted by Gasteiger charge is -2.23. The fourth-order valence-electron chi connectivity index (χ4n) is 1.56. The van der Waals surface area contributed by atoms with Crippen molar-refractivity contribution in [1.29, 1.82) is 0 Å². The third-order valence-electron chi connectivity index (χ3n) is 3.17. The molecule has 1 aromatic carbocycles. The molecular weight excluding hydrogens is 234 g/mol. The van der Waals surface area contributed by atoms with E-state index in [4.69, 9.17) is 9.84 Å². The van der Waals surface area contributed by atoms with E-state index in [-0.39, 0.29) is 30.1 Å². The van der Waals surface area contributed by atoms with E-state index in [9.17, 15) is 10.1 Å². The van der Waals surface area contributed by atoms with Gasteiger partial charge in [0.2, 0.25) is 0 Å². The molecule has 0 atom stereocenters. The van der Waals surface area contributed by atoms with Gasteiger partial charge in [-0.1, -0.05) is 26.8 Å². The van der Waals surface area contributed by atoms with Crippen LogP contribution in [0.2, 0.25) is 0 Å². The zero-order chi connectivity index (χ0) is 13.8. The molecule has 18 heavy (non-hydrogen) atoms. The van der Waals surface area contributed by atoms with Crippen molar-refractivity contribution in [2.45, 2.75) is 32.6 Å². The molecule has 0 amide bonds. The SMILES string of the molecule is CCC(C)(C)c1ccc(OCCO)c([N+](=O)[O-])c1. The van der Waals surface area contributed by atoms with Crippen LogP contribution >= 0.6 is 0 Å². The Morgan fingerprint density at radius 1 is 1.44 bits per heavy atom. The Morgan fingerprint density at radius 3 is 2.61 bits per heavy atom. The van der Waals surface area contributed by atoms with Gasteiger partial charge in [-0.05, 0) is 23.5 Å². The average molecular weight is 253 g/mol. The Bertz CT molecular complexity index is 429. The van der Waals surface area contributed by atoms with Crippen LogP contribution in [0, 0.1) is 10.1 Å². The molecule has 1 N–H and O–H groups in total. The maximum atomic E-state index is 11.0. The van der Waals surface area contributed by atoms with Crippen LogP contribution in [0.5, 0.6) is 5.75 Å². The normalized spacial score (nSPS) is 11.3. The third-order valence-corrected chi connectivity index (χ3v) is 3.17. The van der Waals surface area contributed by atoms with Crippen molar-refractivity contribution in [3.8, 4) is 5.75 Å². The Balaban J connectivity index is 3.15. The highest BCUT2D eigenvalue weighted by molar-refractivity contribution is 5.50. The van der Waals surface area contributed by atoms with E-state index in [1.807, 2.05) is 26.8 Å². The molecule has 0 aliphatic rings. The molecule has 1 rings (SSSR count). The lowest BCUT2D eigenvalue weighted by molar-refractivity contribution is -0.386. The highest BCUT2D eigenvalue weighted by atomic mass is 16.6. The number of rotatable bonds is 6. The molecule has 0 spiro atoms. The molecule has 0 heterocycles. The lowest BCUT2D eigenvalue weighted by atomic mass is 9.82. The molecule has 0 saturated heterocycles. The first-order valence-corrected chi connectivity index (χ1v) is 5.95. The van der Waals surface area contributed by atoms with E-state index in [1.165, 1.54) is 0 Å². The van der Waals surface area contributed by atoms with Crippen molar-refractivity contribution in [3.63, 3.8) is 0 Å². The van der Waals surface area contributed by atoms with Crippen LogP contribution < -0.4 is 4.74 Å². The third kappa shape index (κ3) is 3.20. The summed E-state index contributed by atoms with van der Waals surface area (Å²) in [7, 11) is 0. The van der Waals surface area contributed by atoms with E-state index < -0.39 is 4.92 Å². The van der Waals surface area contributed by atoms with Gasteiger partial charge in [-0.2, -0.15) is 0 Å². The van der Waals surface area contributed by atoms with E-state index in [0.717, 1.165) is 12.0 Å². The molecule has 0 radical (unpaired) electrons. The van der Waals surface area contributed by atoms with E-state index in [0.29, 0.717) is 0 Å². The minimum Gasteiger partial charge on any atom is -0.484 e. The summed E-state index contributed by atoms with van der Waals surface area (Å²) >= 11 is 0. The summed E-state index contributed by atoms with van der Waals surface area (Å²) in [6, 6.07) is 4.99. The molecule has 5 heteroatoms. The number of hydrogen-bond donors (Lipinski definition) is 1. The van der Waals surface area contributed by atoms with Crippen LogP contribution in [0.15, 0.2) is 18.2 Å². The predicted molar refractivity (Wildman–Crippen MR) is 69.0 cm³/mol. The zero-order valence-electron chi connectivity index (χ0n) is 11.0. The highest BCUT2D eigenvalue weighted by Crippen LogP contribution is 2.34. The van der Waals surface area contributed by atoms with Gasteiger partial charge in [0.25, 0.3) is 0 Å². The van der Waals surface area contributed by atoms with E-state index in [2.05, 4.69) is 0 Å². The maximum absolute atomic E-state index is 11.0. The molecule has 100 valence electrons. The van der Waals surface area contributed by atoms with Gasteiger partial charge in [0.1, 0.15) is 6.61 Å². The summed E-state index contributed by atoms with van der Waals surface area (Å²) in [4.78, 5) is 10.6. The van der Waals surface area contributed by atoms with Crippen molar-refractivity contribution in [2.24, 2.45) is 0 Å². The smallest absolute Gasteiger partial charge is 0.311 e. The van der Waals surface area contributed by atoms with Gasteiger partial charge >= 0.3 is 5.69 Å². The summed E-state index contributed by atoms with van der Waals surface area (Å²) in [5.41, 5.74) is 0.746. The predicted octanol–water partition coefficient (Wildman–Crippen LogP) is 2.65. The fraction of sp³-hybridized carbons (Fsp3) is 0.538. The van der Waals surface area contributed by atoms with Crippen LogP contribution in [0.25, 0.3) is 0 Å². The van der Waals surface area contributed by atoms with Crippen molar-refractivity contribution in [2.75, 3.05) is 13.2 Å². The molecule has 0 fully saturated rings. The highest BCUT2D eigenvalue weighted by Gasteiger charge is 2.23.